The third kappa shape index (κ3) is 4.67. The Hall–Kier alpha value is -2.72. The molecule has 1 atom stereocenters. The summed E-state index contributed by atoms with van der Waals surface area (Å²) in [7, 11) is 0. The van der Waals surface area contributed by atoms with E-state index in [0.717, 1.165) is 45.2 Å². The molecular weight excluding hydrogens is 408 g/mol. The predicted octanol–water partition coefficient (Wildman–Crippen LogP) is 5.46. The number of pyridine rings is 1. The number of aromatic nitrogens is 1. The van der Waals surface area contributed by atoms with Crippen molar-refractivity contribution in [3.8, 4) is 0 Å². The van der Waals surface area contributed by atoms with E-state index in [1.165, 1.54) is 33.9 Å². The molecule has 2 fully saturated rings. The number of amides is 1. The van der Waals surface area contributed by atoms with Crippen LogP contribution in [0, 0.1) is 12.8 Å². The normalized spacial score (nSPS) is 21.0. The van der Waals surface area contributed by atoms with Crippen molar-refractivity contribution in [3.63, 3.8) is 0 Å². The van der Waals surface area contributed by atoms with E-state index >= 15 is 0 Å². The van der Waals surface area contributed by atoms with Gasteiger partial charge in [-0.25, -0.2) is 0 Å². The number of rotatable bonds is 4. The SMILES string of the molecule is Cc1cccc(C2(C(=O)N3CCC[C@H](Cc4ccc5ccncc5c4)CC3)CCOCC2)c1. The van der Waals surface area contributed by atoms with Crippen molar-refractivity contribution in [1.82, 2.24) is 9.88 Å². The Balaban J connectivity index is 1.30. The van der Waals surface area contributed by atoms with Gasteiger partial charge < -0.3 is 9.64 Å². The monoisotopic (exact) mass is 442 g/mol. The van der Waals surface area contributed by atoms with Gasteiger partial charge in [-0.1, -0.05) is 42.0 Å². The molecule has 0 spiro atoms. The molecule has 0 radical (unpaired) electrons. The maximum absolute atomic E-state index is 14.0. The summed E-state index contributed by atoms with van der Waals surface area (Å²) in [6.07, 6.45) is 9.74. The fourth-order valence-corrected chi connectivity index (χ4v) is 5.76. The van der Waals surface area contributed by atoms with Crippen LogP contribution in [0.15, 0.2) is 60.9 Å². The summed E-state index contributed by atoms with van der Waals surface area (Å²) in [5.41, 5.74) is 3.32. The molecule has 2 aliphatic heterocycles. The van der Waals surface area contributed by atoms with Crippen LogP contribution in [0.3, 0.4) is 0 Å². The second-order valence-electron chi connectivity index (χ2n) is 9.91. The smallest absolute Gasteiger partial charge is 0.233 e. The van der Waals surface area contributed by atoms with Crippen LogP contribution in [-0.2, 0) is 21.4 Å². The van der Waals surface area contributed by atoms with Crippen LogP contribution in [0.25, 0.3) is 10.8 Å². The highest BCUT2D eigenvalue weighted by Gasteiger charge is 2.44. The Kier molecular flexibility index (Phi) is 6.45. The molecule has 0 aliphatic carbocycles. The van der Waals surface area contributed by atoms with Gasteiger partial charge in [0.2, 0.25) is 5.91 Å². The van der Waals surface area contributed by atoms with E-state index in [9.17, 15) is 4.79 Å². The number of nitrogens with zero attached hydrogens (tertiary/aromatic N) is 2. The summed E-state index contributed by atoms with van der Waals surface area (Å²) in [5, 5.41) is 2.45. The van der Waals surface area contributed by atoms with Crippen LogP contribution >= 0.6 is 0 Å². The number of hydrogen-bond acceptors (Lipinski definition) is 3. The number of benzene rings is 2. The van der Waals surface area contributed by atoms with Crippen LogP contribution in [0.4, 0.5) is 0 Å². The molecule has 2 aliphatic rings. The Morgan fingerprint density at radius 3 is 2.79 bits per heavy atom. The molecule has 2 aromatic carbocycles. The van der Waals surface area contributed by atoms with Crippen LogP contribution in [-0.4, -0.2) is 42.1 Å². The van der Waals surface area contributed by atoms with Crippen molar-refractivity contribution in [2.45, 2.75) is 50.9 Å². The number of ether oxygens (including phenoxy) is 1. The van der Waals surface area contributed by atoms with E-state index in [4.69, 9.17) is 4.74 Å². The first-order valence-electron chi connectivity index (χ1n) is 12.4. The van der Waals surface area contributed by atoms with E-state index in [0.29, 0.717) is 25.0 Å². The van der Waals surface area contributed by atoms with Gasteiger partial charge in [-0.15, -0.1) is 0 Å². The molecule has 0 N–H and O–H groups in total. The number of carbonyl (C=O) groups is 1. The standard InChI is InChI=1S/C29H34N2O2/c1-22-4-2-6-27(18-22)29(11-16-33-17-12-29)28(32)31-14-3-5-23(10-15-31)19-24-7-8-25-9-13-30-21-26(25)20-24/h2,4,6-9,13,18,20-21,23H,3,5,10-12,14-17,19H2,1H3/t23-/m0/s1. The number of aryl methyl sites for hydroxylation is 1. The van der Waals surface area contributed by atoms with Crippen molar-refractivity contribution in [1.29, 1.82) is 0 Å². The average Bonchev–Trinajstić information content (AvgIpc) is 3.09. The van der Waals surface area contributed by atoms with E-state index in [1.807, 2.05) is 12.4 Å². The molecule has 1 amide bonds. The van der Waals surface area contributed by atoms with Crippen molar-refractivity contribution in [2.75, 3.05) is 26.3 Å². The van der Waals surface area contributed by atoms with Gasteiger partial charge in [0.15, 0.2) is 0 Å². The maximum Gasteiger partial charge on any atom is 0.233 e. The molecule has 4 nitrogen and oxygen atoms in total. The van der Waals surface area contributed by atoms with Crippen LogP contribution < -0.4 is 0 Å². The molecule has 1 aromatic heterocycles. The fraction of sp³-hybridized carbons (Fsp3) is 0.448. The first-order chi connectivity index (χ1) is 16.1. The lowest BCUT2D eigenvalue weighted by Gasteiger charge is -2.40. The summed E-state index contributed by atoms with van der Waals surface area (Å²) in [6.45, 7) is 5.15. The van der Waals surface area contributed by atoms with Gasteiger partial charge in [0.05, 0.1) is 5.41 Å². The lowest BCUT2D eigenvalue weighted by Crippen LogP contribution is -2.50. The third-order valence-electron chi connectivity index (χ3n) is 7.69. The highest BCUT2D eigenvalue weighted by molar-refractivity contribution is 5.88. The van der Waals surface area contributed by atoms with E-state index in [1.54, 1.807) is 0 Å². The zero-order valence-corrected chi connectivity index (χ0v) is 19.6. The predicted molar refractivity (Wildman–Crippen MR) is 132 cm³/mol. The number of hydrogen-bond donors (Lipinski definition) is 0. The molecule has 3 aromatic rings. The first-order valence-corrected chi connectivity index (χ1v) is 12.4. The maximum atomic E-state index is 14.0. The second kappa shape index (κ2) is 9.64. The summed E-state index contributed by atoms with van der Waals surface area (Å²) in [4.78, 5) is 20.5. The largest absolute Gasteiger partial charge is 0.381 e. The fourth-order valence-electron chi connectivity index (χ4n) is 5.76. The van der Waals surface area contributed by atoms with E-state index < -0.39 is 5.41 Å². The molecule has 0 unspecified atom stereocenters. The van der Waals surface area contributed by atoms with Gasteiger partial charge >= 0.3 is 0 Å². The Bertz CT molecular complexity index is 1120. The van der Waals surface area contributed by atoms with Gasteiger partial charge in [0, 0.05) is 44.1 Å². The quantitative estimate of drug-likeness (QED) is 0.539. The topological polar surface area (TPSA) is 42.4 Å². The summed E-state index contributed by atoms with van der Waals surface area (Å²) in [6, 6.07) is 17.4. The van der Waals surface area contributed by atoms with Crippen molar-refractivity contribution >= 4 is 16.7 Å². The zero-order valence-electron chi connectivity index (χ0n) is 19.6. The Morgan fingerprint density at radius 2 is 1.94 bits per heavy atom. The van der Waals surface area contributed by atoms with Gasteiger partial charge in [0.1, 0.15) is 0 Å². The molecule has 33 heavy (non-hydrogen) atoms. The van der Waals surface area contributed by atoms with Crippen LogP contribution in [0.5, 0.6) is 0 Å². The number of likely N-dealkylation sites (tertiary alicyclic amines) is 1. The third-order valence-corrected chi connectivity index (χ3v) is 7.69. The molecule has 172 valence electrons. The highest BCUT2D eigenvalue weighted by atomic mass is 16.5. The minimum atomic E-state index is -0.435. The second-order valence-corrected chi connectivity index (χ2v) is 9.91. The molecule has 4 heteroatoms. The molecule has 5 rings (SSSR count). The molecular formula is C29H34N2O2. The van der Waals surface area contributed by atoms with E-state index in [-0.39, 0.29) is 0 Å². The van der Waals surface area contributed by atoms with E-state index in [2.05, 4.69) is 65.3 Å². The van der Waals surface area contributed by atoms with Crippen molar-refractivity contribution in [2.24, 2.45) is 5.92 Å². The zero-order chi connectivity index (χ0) is 22.7. The minimum absolute atomic E-state index is 0.314. The van der Waals surface area contributed by atoms with Gasteiger partial charge in [-0.2, -0.15) is 0 Å². The van der Waals surface area contributed by atoms with Gasteiger partial charge in [0.25, 0.3) is 0 Å². The van der Waals surface area contributed by atoms with Gasteiger partial charge in [-0.3, -0.25) is 9.78 Å². The highest BCUT2D eigenvalue weighted by Crippen LogP contribution is 2.38. The molecule has 0 saturated carbocycles. The Labute approximate surface area is 197 Å². The molecule has 0 bridgehead atoms. The summed E-state index contributed by atoms with van der Waals surface area (Å²) in [5.74, 6) is 0.926. The minimum Gasteiger partial charge on any atom is -0.381 e. The number of carbonyl (C=O) groups excluding carboxylic acids is 1. The lowest BCUT2D eigenvalue weighted by atomic mass is 9.72. The Morgan fingerprint density at radius 1 is 1.06 bits per heavy atom. The number of fused-ring (bicyclic) bond motifs is 1. The lowest BCUT2D eigenvalue weighted by molar-refractivity contribution is -0.141. The van der Waals surface area contributed by atoms with Crippen LogP contribution in [0.2, 0.25) is 0 Å². The molecule has 2 saturated heterocycles. The van der Waals surface area contributed by atoms with Crippen LogP contribution in [0.1, 0.15) is 48.8 Å². The summed E-state index contributed by atoms with van der Waals surface area (Å²) < 4.78 is 5.68. The van der Waals surface area contributed by atoms with Crippen molar-refractivity contribution < 1.29 is 9.53 Å². The average molecular weight is 443 g/mol. The van der Waals surface area contributed by atoms with Gasteiger partial charge in [-0.05, 0) is 80.0 Å². The first kappa shape index (κ1) is 22.1. The molecule has 3 heterocycles. The summed E-state index contributed by atoms with van der Waals surface area (Å²) >= 11 is 0. The van der Waals surface area contributed by atoms with Crippen molar-refractivity contribution in [3.05, 3.63) is 77.6 Å².